The second-order valence-corrected chi connectivity index (χ2v) is 7.47. The maximum Gasteiger partial charge on any atom is 0.244 e. The van der Waals surface area contributed by atoms with E-state index in [1.807, 2.05) is 33.0 Å². The van der Waals surface area contributed by atoms with Crippen LogP contribution >= 0.6 is 15.9 Å². The van der Waals surface area contributed by atoms with Crippen molar-refractivity contribution in [2.24, 2.45) is 0 Å². The molecule has 0 unspecified atom stereocenters. The van der Waals surface area contributed by atoms with E-state index < -0.39 is 10.0 Å². The van der Waals surface area contributed by atoms with Gasteiger partial charge in [-0.2, -0.15) is 4.31 Å². The summed E-state index contributed by atoms with van der Waals surface area (Å²) >= 11 is 3.36. The van der Waals surface area contributed by atoms with Gasteiger partial charge >= 0.3 is 0 Å². The van der Waals surface area contributed by atoms with Gasteiger partial charge < -0.3 is 5.32 Å². The van der Waals surface area contributed by atoms with E-state index in [4.69, 9.17) is 0 Å². The molecule has 1 aromatic carbocycles. The standard InChI is InChI=1S/C14H21BrN2O2S/c1-5-8-17(11(2)3)20(18,19)14-7-6-12(10-16-4)9-13(14)15/h5-7,9,11,16H,1,8,10H2,2-4H3. The second-order valence-electron chi connectivity index (χ2n) is 4.75. The zero-order chi connectivity index (χ0) is 15.3. The summed E-state index contributed by atoms with van der Waals surface area (Å²) in [6, 6.07) is 5.17. The van der Waals surface area contributed by atoms with Crippen LogP contribution in [0.25, 0.3) is 0 Å². The fourth-order valence-electron chi connectivity index (χ4n) is 1.91. The van der Waals surface area contributed by atoms with Crippen molar-refractivity contribution >= 4 is 26.0 Å². The second kappa shape index (κ2) is 7.36. The summed E-state index contributed by atoms with van der Waals surface area (Å²) in [5.41, 5.74) is 1.03. The van der Waals surface area contributed by atoms with E-state index in [0.29, 0.717) is 17.6 Å². The number of sulfonamides is 1. The molecule has 0 heterocycles. The molecule has 0 fully saturated rings. The average molecular weight is 361 g/mol. The zero-order valence-electron chi connectivity index (χ0n) is 12.1. The lowest BCUT2D eigenvalue weighted by molar-refractivity contribution is 0.382. The Kier molecular flexibility index (Phi) is 6.39. The van der Waals surface area contributed by atoms with Crippen molar-refractivity contribution in [3.8, 4) is 0 Å². The third-order valence-corrected chi connectivity index (χ3v) is 5.87. The van der Waals surface area contributed by atoms with Gasteiger partial charge in [0, 0.05) is 23.6 Å². The number of hydrogen-bond acceptors (Lipinski definition) is 3. The predicted molar refractivity (Wildman–Crippen MR) is 86.1 cm³/mol. The molecule has 0 radical (unpaired) electrons. The van der Waals surface area contributed by atoms with Gasteiger partial charge in [-0.1, -0.05) is 12.1 Å². The van der Waals surface area contributed by atoms with Crippen LogP contribution in [0.15, 0.2) is 40.2 Å². The summed E-state index contributed by atoms with van der Waals surface area (Å²) in [6.07, 6.45) is 1.60. The first kappa shape index (κ1) is 17.4. The fraction of sp³-hybridized carbons (Fsp3) is 0.429. The first-order chi connectivity index (χ1) is 9.34. The Morgan fingerprint density at radius 3 is 2.55 bits per heavy atom. The van der Waals surface area contributed by atoms with Crippen LogP contribution in [0.2, 0.25) is 0 Å². The molecule has 6 heteroatoms. The van der Waals surface area contributed by atoms with E-state index in [1.54, 1.807) is 12.1 Å². The van der Waals surface area contributed by atoms with Gasteiger partial charge in [0.25, 0.3) is 0 Å². The Morgan fingerprint density at radius 1 is 1.45 bits per heavy atom. The van der Waals surface area contributed by atoms with Crippen LogP contribution in [0, 0.1) is 0 Å². The summed E-state index contributed by atoms with van der Waals surface area (Å²) in [5.74, 6) is 0. The first-order valence-electron chi connectivity index (χ1n) is 6.40. The highest BCUT2D eigenvalue weighted by molar-refractivity contribution is 9.10. The minimum atomic E-state index is -3.53. The summed E-state index contributed by atoms with van der Waals surface area (Å²) < 4.78 is 27.4. The van der Waals surface area contributed by atoms with Gasteiger partial charge in [-0.25, -0.2) is 8.42 Å². The lowest BCUT2D eigenvalue weighted by Gasteiger charge is -2.25. The molecule has 0 atom stereocenters. The SMILES string of the molecule is C=CCN(C(C)C)S(=O)(=O)c1ccc(CNC)cc1Br. The molecule has 4 nitrogen and oxygen atoms in total. The third kappa shape index (κ3) is 3.91. The average Bonchev–Trinajstić information content (AvgIpc) is 2.35. The van der Waals surface area contributed by atoms with Gasteiger partial charge in [0.15, 0.2) is 0 Å². The lowest BCUT2D eigenvalue weighted by Crippen LogP contribution is -2.37. The van der Waals surface area contributed by atoms with E-state index in [9.17, 15) is 8.42 Å². The molecule has 1 rings (SSSR count). The van der Waals surface area contributed by atoms with Gasteiger partial charge in [-0.05, 0) is 54.5 Å². The van der Waals surface area contributed by atoms with Gasteiger partial charge in [0.05, 0.1) is 4.90 Å². The molecule has 20 heavy (non-hydrogen) atoms. The quantitative estimate of drug-likeness (QED) is 0.760. The molecule has 112 valence electrons. The topological polar surface area (TPSA) is 49.4 Å². The van der Waals surface area contributed by atoms with Crippen LogP contribution in [0.1, 0.15) is 19.4 Å². The number of rotatable bonds is 7. The highest BCUT2D eigenvalue weighted by Gasteiger charge is 2.27. The highest BCUT2D eigenvalue weighted by atomic mass is 79.9. The number of halogens is 1. The molecule has 0 aliphatic heterocycles. The van der Waals surface area contributed by atoms with Crippen LogP contribution in [-0.4, -0.2) is 32.4 Å². The van der Waals surface area contributed by atoms with Crippen LogP contribution in [-0.2, 0) is 16.6 Å². The molecular formula is C14H21BrN2O2S. The Bertz CT molecular complexity index is 571. The molecule has 0 aliphatic carbocycles. The molecule has 0 bridgehead atoms. The van der Waals surface area contributed by atoms with Gasteiger partial charge in [-0.15, -0.1) is 6.58 Å². The predicted octanol–water partition coefficient (Wildman–Crippen LogP) is 2.75. The van der Waals surface area contributed by atoms with Crippen molar-refractivity contribution in [1.82, 2.24) is 9.62 Å². The highest BCUT2D eigenvalue weighted by Crippen LogP contribution is 2.27. The molecule has 0 amide bonds. The van der Waals surface area contributed by atoms with Crippen LogP contribution in [0.5, 0.6) is 0 Å². The molecule has 1 N–H and O–H groups in total. The summed E-state index contributed by atoms with van der Waals surface area (Å²) in [5, 5.41) is 3.04. The maximum atomic E-state index is 12.7. The largest absolute Gasteiger partial charge is 0.316 e. The molecular weight excluding hydrogens is 340 g/mol. The van der Waals surface area contributed by atoms with Crippen LogP contribution < -0.4 is 5.32 Å². The number of benzene rings is 1. The number of nitrogens with zero attached hydrogens (tertiary/aromatic N) is 1. The van der Waals surface area contributed by atoms with E-state index >= 15 is 0 Å². The smallest absolute Gasteiger partial charge is 0.244 e. The lowest BCUT2D eigenvalue weighted by atomic mass is 10.2. The molecule has 0 saturated heterocycles. The van der Waals surface area contributed by atoms with Gasteiger partial charge in [0.1, 0.15) is 0 Å². The summed E-state index contributed by atoms with van der Waals surface area (Å²) in [4.78, 5) is 0.285. The normalized spacial score (nSPS) is 12.1. The Labute approximate surface area is 130 Å². The van der Waals surface area contributed by atoms with Crippen molar-refractivity contribution in [2.45, 2.75) is 31.3 Å². The van der Waals surface area contributed by atoms with Crippen molar-refractivity contribution in [3.63, 3.8) is 0 Å². The minimum Gasteiger partial charge on any atom is -0.316 e. The number of nitrogens with one attached hydrogen (secondary N) is 1. The van der Waals surface area contributed by atoms with Gasteiger partial charge in [-0.3, -0.25) is 0 Å². The van der Waals surface area contributed by atoms with Crippen molar-refractivity contribution < 1.29 is 8.42 Å². The molecule has 0 aromatic heterocycles. The van der Waals surface area contributed by atoms with Gasteiger partial charge in [0.2, 0.25) is 10.0 Å². The Hall–Kier alpha value is -0.690. The van der Waals surface area contributed by atoms with Crippen molar-refractivity contribution in [1.29, 1.82) is 0 Å². The van der Waals surface area contributed by atoms with Crippen molar-refractivity contribution in [2.75, 3.05) is 13.6 Å². The van der Waals surface area contributed by atoms with E-state index in [-0.39, 0.29) is 10.9 Å². The van der Waals surface area contributed by atoms with E-state index in [1.165, 1.54) is 4.31 Å². The maximum absolute atomic E-state index is 12.7. The Balaban J connectivity index is 3.23. The van der Waals surface area contributed by atoms with Crippen molar-refractivity contribution in [3.05, 3.63) is 40.9 Å². The molecule has 0 aliphatic rings. The molecule has 0 saturated carbocycles. The van der Waals surface area contributed by atoms with E-state index in [2.05, 4.69) is 27.8 Å². The molecule has 1 aromatic rings. The summed E-state index contributed by atoms with van der Waals surface area (Å²) in [6.45, 7) is 8.32. The Morgan fingerprint density at radius 2 is 2.10 bits per heavy atom. The third-order valence-electron chi connectivity index (χ3n) is 2.85. The number of hydrogen-bond donors (Lipinski definition) is 1. The first-order valence-corrected chi connectivity index (χ1v) is 8.63. The molecule has 0 spiro atoms. The van der Waals surface area contributed by atoms with Crippen LogP contribution in [0.4, 0.5) is 0 Å². The fourth-order valence-corrected chi connectivity index (χ4v) is 4.60. The minimum absolute atomic E-state index is 0.123. The summed E-state index contributed by atoms with van der Waals surface area (Å²) in [7, 11) is -1.68. The van der Waals surface area contributed by atoms with E-state index in [0.717, 1.165) is 5.56 Å². The monoisotopic (exact) mass is 360 g/mol. The zero-order valence-corrected chi connectivity index (χ0v) is 14.5. The van der Waals surface area contributed by atoms with Crippen LogP contribution in [0.3, 0.4) is 0 Å².